The van der Waals surface area contributed by atoms with Crippen molar-refractivity contribution in [1.82, 2.24) is 9.21 Å². The van der Waals surface area contributed by atoms with Crippen molar-refractivity contribution in [3.63, 3.8) is 0 Å². The number of carbonyl (C=O) groups is 1. The summed E-state index contributed by atoms with van der Waals surface area (Å²) in [6.07, 6.45) is 1.19. The van der Waals surface area contributed by atoms with Gasteiger partial charge < -0.3 is 9.64 Å². The Kier molecular flexibility index (Phi) is 5.10. The molecule has 2 fully saturated rings. The molecule has 132 valence electrons. The second kappa shape index (κ2) is 6.95. The first-order chi connectivity index (χ1) is 11.4. The number of nitrogens with zero attached hydrogens (tertiary/aromatic N) is 2. The van der Waals surface area contributed by atoms with Crippen molar-refractivity contribution in [3.8, 4) is 0 Å². The number of piperazine rings is 1. The van der Waals surface area contributed by atoms with Crippen LogP contribution in [0.4, 0.5) is 4.39 Å². The molecule has 0 saturated carbocycles. The lowest BCUT2D eigenvalue weighted by molar-refractivity contribution is -0.142. The van der Waals surface area contributed by atoms with E-state index in [-0.39, 0.29) is 28.9 Å². The molecule has 0 radical (unpaired) electrons. The summed E-state index contributed by atoms with van der Waals surface area (Å²) in [5, 5.41) is -0.233. The zero-order valence-corrected chi connectivity index (χ0v) is 14.5. The number of amides is 1. The van der Waals surface area contributed by atoms with E-state index < -0.39 is 21.9 Å². The SMILES string of the molecule is O=C(C1CCCO1)N1CCN(S(=O)(=O)c2ccc(F)c(Cl)c2)CC1. The maximum absolute atomic E-state index is 13.2. The molecule has 2 aliphatic heterocycles. The molecule has 1 aromatic carbocycles. The Morgan fingerprint density at radius 2 is 1.96 bits per heavy atom. The van der Waals surface area contributed by atoms with Crippen LogP contribution < -0.4 is 0 Å². The monoisotopic (exact) mass is 376 g/mol. The van der Waals surface area contributed by atoms with E-state index in [0.717, 1.165) is 18.6 Å². The topological polar surface area (TPSA) is 66.9 Å². The number of hydrogen-bond donors (Lipinski definition) is 0. The average Bonchev–Trinajstić information content (AvgIpc) is 3.11. The largest absolute Gasteiger partial charge is 0.368 e. The highest BCUT2D eigenvalue weighted by molar-refractivity contribution is 7.89. The first-order valence-corrected chi connectivity index (χ1v) is 9.57. The van der Waals surface area contributed by atoms with Crippen LogP contribution in [0.2, 0.25) is 5.02 Å². The van der Waals surface area contributed by atoms with Crippen molar-refractivity contribution in [3.05, 3.63) is 29.0 Å². The molecule has 1 unspecified atom stereocenters. The van der Waals surface area contributed by atoms with Gasteiger partial charge in [-0.3, -0.25) is 4.79 Å². The van der Waals surface area contributed by atoms with Gasteiger partial charge in [0.05, 0.1) is 9.92 Å². The molecule has 2 heterocycles. The number of rotatable bonds is 3. The van der Waals surface area contributed by atoms with E-state index in [1.807, 2.05) is 0 Å². The predicted molar refractivity (Wildman–Crippen MR) is 85.7 cm³/mol. The van der Waals surface area contributed by atoms with Gasteiger partial charge in [-0.2, -0.15) is 4.31 Å². The number of hydrogen-bond acceptors (Lipinski definition) is 4. The molecule has 2 aliphatic rings. The van der Waals surface area contributed by atoms with Crippen LogP contribution in [-0.2, 0) is 19.6 Å². The van der Waals surface area contributed by atoms with Crippen molar-refractivity contribution in [1.29, 1.82) is 0 Å². The lowest BCUT2D eigenvalue weighted by Crippen LogP contribution is -2.52. The summed E-state index contributed by atoms with van der Waals surface area (Å²) in [6.45, 7) is 1.60. The van der Waals surface area contributed by atoms with E-state index in [2.05, 4.69) is 0 Å². The van der Waals surface area contributed by atoms with Crippen LogP contribution in [0.5, 0.6) is 0 Å². The fourth-order valence-electron chi connectivity index (χ4n) is 2.91. The smallest absolute Gasteiger partial charge is 0.251 e. The summed E-state index contributed by atoms with van der Waals surface area (Å²) < 4.78 is 45.1. The first-order valence-electron chi connectivity index (χ1n) is 7.75. The Balaban J connectivity index is 1.67. The van der Waals surface area contributed by atoms with Gasteiger partial charge in [-0.25, -0.2) is 12.8 Å². The lowest BCUT2D eigenvalue weighted by atomic mass is 10.2. The van der Waals surface area contributed by atoms with Crippen LogP contribution in [0.1, 0.15) is 12.8 Å². The molecular formula is C15H18ClFN2O4S. The summed E-state index contributed by atoms with van der Waals surface area (Å²) in [4.78, 5) is 13.9. The Bertz CT molecular complexity index is 729. The summed E-state index contributed by atoms with van der Waals surface area (Å²) in [6, 6.07) is 3.34. The molecule has 9 heteroatoms. The van der Waals surface area contributed by atoms with Gasteiger partial charge in [0, 0.05) is 32.8 Å². The fraction of sp³-hybridized carbons (Fsp3) is 0.533. The Labute approximate surface area is 145 Å². The lowest BCUT2D eigenvalue weighted by Gasteiger charge is -2.35. The number of halogens is 2. The predicted octanol–water partition coefficient (Wildman–Crippen LogP) is 1.49. The molecule has 0 aliphatic carbocycles. The number of sulfonamides is 1. The molecule has 0 N–H and O–H groups in total. The van der Waals surface area contributed by atoms with Gasteiger partial charge in [0.2, 0.25) is 10.0 Å². The van der Waals surface area contributed by atoms with Crippen LogP contribution in [0.3, 0.4) is 0 Å². The van der Waals surface area contributed by atoms with E-state index in [1.54, 1.807) is 4.90 Å². The van der Waals surface area contributed by atoms with Gasteiger partial charge in [-0.1, -0.05) is 11.6 Å². The molecule has 3 rings (SSSR count). The Hall–Kier alpha value is -1.22. The zero-order chi connectivity index (χ0) is 17.3. The molecule has 1 atom stereocenters. The molecule has 1 amide bonds. The molecule has 0 aromatic heterocycles. The van der Waals surface area contributed by atoms with Crippen LogP contribution in [-0.4, -0.2) is 62.4 Å². The molecular weight excluding hydrogens is 359 g/mol. The number of carbonyl (C=O) groups excluding carboxylic acids is 1. The van der Waals surface area contributed by atoms with Crippen molar-refractivity contribution in [2.24, 2.45) is 0 Å². The summed E-state index contributed by atoms with van der Waals surface area (Å²) in [5.74, 6) is -0.739. The van der Waals surface area contributed by atoms with E-state index >= 15 is 0 Å². The van der Waals surface area contributed by atoms with Crippen molar-refractivity contribution >= 4 is 27.5 Å². The molecule has 2 saturated heterocycles. The molecule has 1 aromatic rings. The van der Waals surface area contributed by atoms with Crippen LogP contribution in [0.25, 0.3) is 0 Å². The maximum atomic E-state index is 13.2. The quantitative estimate of drug-likeness (QED) is 0.801. The summed E-state index contributed by atoms with van der Waals surface area (Å²) >= 11 is 5.67. The normalized spacial score (nSPS) is 22.8. The van der Waals surface area contributed by atoms with Crippen molar-refractivity contribution in [2.45, 2.75) is 23.8 Å². The zero-order valence-electron chi connectivity index (χ0n) is 13.0. The fourth-order valence-corrected chi connectivity index (χ4v) is 4.61. The van der Waals surface area contributed by atoms with Gasteiger partial charge in [0.25, 0.3) is 5.91 Å². The second-order valence-corrected chi connectivity index (χ2v) is 8.15. The Morgan fingerprint density at radius 3 is 2.54 bits per heavy atom. The van der Waals surface area contributed by atoms with E-state index in [9.17, 15) is 17.6 Å². The highest BCUT2D eigenvalue weighted by Crippen LogP contribution is 2.24. The third-order valence-electron chi connectivity index (χ3n) is 4.28. The van der Waals surface area contributed by atoms with Crippen LogP contribution in [0.15, 0.2) is 23.1 Å². The molecule has 0 spiro atoms. The van der Waals surface area contributed by atoms with Gasteiger partial charge >= 0.3 is 0 Å². The van der Waals surface area contributed by atoms with Gasteiger partial charge in [-0.15, -0.1) is 0 Å². The van der Waals surface area contributed by atoms with E-state index in [4.69, 9.17) is 16.3 Å². The van der Waals surface area contributed by atoms with Gasteiger partial charge in [0.1, 0.15) is 11.9 Å². The number of benzene rings is 1. The Morgan fingerprint density at radius 1 is 1.25 bits per heavy atom. The third-order valence-corrected chi connectivity index (χ3v) is 6.47. The summed E-state index contributed by atoms with van der Waals surface area (Å²) in [7, 11) is -3.76. The molecule has 6 nitrogen and oxygen atoms in total. The number of ether oxygens (including phenoxy) is 1. The maximum Gasteiger partial charge on any atom is 0.251 e. The minimum atomic E-state index is -3.76. The minimum absolute atomic E-state index is 0.0483. The van der Waals surface area contributed by atoms with E-state index in [0.29, 0.717) is 26.1 Å². The highest BCUT2D eigenvalue weighted by Gasteiger charge is 2.34. The van der Waals surface area contributed by atoms with Gasteiger partial charge in [-0.05, 0) is 31.0 Å². The standard InChI is InChI=1S/C15H18ClFN2O4S/c16-12-10-11(3-4-13(12)17)24(21,22)19-7-5-18(6-8-19)15(20)14-2-1-9-23-14/h3-4,10,14H,1-2,5-9H2. The highest BCUT2D eigenvalue weighted by atomic mass is 35.5. The average molecular weight is 377 g/mol. The molecule has 0 bridgehead atoms. The minimum Gasteiger partial charge on any atom is -0.368 e. The third kappa shape index (κ3) is 3.42. The molecule has 24 heavy (non-hydrogen) atoms. The second-order valence-electron chi connectivity index (χ2n) is 5.81. The van der Waals surface area contributed by atoms with Crippen LogP contribution in [0, 0.1) is 5.82 Å². The summed E-state index contributed by atoms with van der Waals surface area (Å²) in [5.41, 5.74) is 0. The van der Waals surface area contributed by atoms with Crippen LogP contribution >= 0.6 is 11.6 Å². The van der Waals surface area contributed by atoms with Gasteiger partial charge in [0.15, 0.2) is 0 Å². The first kappa shape index (κ1) is 17.6. The van der Waals surface area contributed by atoms with E-state index in [1.165, 1.54) is 10.4 Å². The van der Waals surface area contributed by atoms with Crippen molar-refractivity contribution in [2.75, 3.05) is 32.8 Å². The van der Waals surface area contributed by atoms with Crippen molar-refractivity contribution < 1.29 is 22.3 Å².